The maximum atomic E-state index is 4.59. The first-order valence-electron chi connectivity index (χ1n) is 5.91. The molecule has 1 aromatic heterocycles. The van der Waals surface area contributed by atoms with Gasteiger partial charge in [-0.2, -0.15) is 0 Å². The monoisotopic (exact) mass is 269 g/mol. The molecule has 0 spiro atoms. The zero-order valence-electron chi connectivity index (χ0n) is 11.9. The summed E-state index contributed by atoms with van der Waals surface area (Å²) in [4.78, 5) is 5.85. The lowest BCUT2D eigenvalue weighted by Gasteiger charge is -2.20. The Balaban J connectivity index is 2.87. The highest BCUT2D eigenvalue weighted by atomic mass is 32.2. The van der Waals surface area contributed by atoms with Crippen molar-refractivity contribution in [2.24, 2.45) is 0 Å². The van der Waals surface area contributed by atoms with Crippen LogP contribution in [0.15, 0.2) is 22.2 Å². The van der Waals surface area contributed by atoms with Gasteiger partial charge in [0.2, 0.25) is 0 Å². The van der Waals surface area contributed by atoms with E-state index in [1.807, 2.05) is 29.7 Å². The Kier molecular flexibility index (Phi) is 4.59. The summed E-state index contributed by atoms with van der Waals surface area (Å²) < 4.78 is 0.462. The first-order valence-corrected chi connectivity index (χ1v) is 7.55. The van der Waals surface area contributed by atoms with Crippen molar-refractivity contribution in [1.82, 2.24) is 4.98 Å². The summed E-state index contributed by atoms with van der Waals surface area (Å²) >= 11 is 3.70. The molecule has 1 aromatic rings. The second kappa shape index (κ2) is 5.23. The van der Waals surface area contributed by atoms with Crippen LogP contribution in [0.5, 0.6) is 0 Å². The molecule has 0 saturated heterocycles. The second-order valence-electron chi connectivity index (χ2n) is 6.22. The fourth-order valence-electron chi connectivity index (χ4n) is 1.34. The first-order chi connectivity index (χ1) is 7.57. The van der Waals surface area contributed by atoms with Crippen LogP contribution < -0.4 is 0 Å². The van der Waals surface area contributed by atoms with E-state index < -0.39 is 0 Å². The number of pyridine rings is 1. The van der Waals surface area contributed by atoms with Crippen molar-refractivity contribution in [3.05, 3.63) is 17.8 Å². The zero-order chi connectivity index (χ0) is 13.3. The highest BCUT2D eigenvalue weighted by molar-refractivity contribution is 8.01. The van der Waals surface area contributed by atoms with Gasteiger partial charge in [-0.1, -0.05) is 41.5 Å². The van der Waals surface area contributed by atoms with Gasteiger partial charge in [0.1, 0.15) is 0 Å². The Labute approximate surface area is 114 Å². The molecule has 0 fully saturated rings. The molecular weight excluding hydrogens is 246 g/mol. The third-order valence-corrected chi connectivity index (χ3v) is 4.14. The third-order valence-electron chi connectivity index (χ3n) is 1.83. The maximum absolute atomic E-state index is 4.59. The van der Waals surface area contributed by atoms with Gasteiger partial charge in [-0.3, -0.25) is 0 Å². The highest BCUT2D eigenvalue weighted by Gasteiger charge is 2.17. The van der Waals surface area contributed by atoms with Gasteiger partial charge >= 0.3 is 0 Å². The molecule has 0 amide bonds. The van der Waals surface area contributed by atoms with Crippen LogP contribution in [-0.4, -0.2) is 14.5 Å². The van der Waals surface area contributed by atoms with Gasteiger partial charge in [-0.05, 0) is 18.6 Å². The molecule has 1 nitrogen and oxygen atoms in total. The molecule has 0 unspecified atom stereocenters. The van der Waals surface area contributed by atoms with Crippen molar-refractivity contribution in [1.29, 1.82) is 0 Å². The molecular formula is C14H23NS2. The van der Waals surface area contributed by atoms with Crippen molar-refractivity contribution in [3.63, 3.8) is 0 Å². The highest BCUT2D eigenvalue weighted by Crippen LogP contribution is 2.36. The van der Waals surface area contributed by atoms with Gasteiger partial charge in [0.15, 0.2) is 0 Å². The molecule has 0 aliphatic carbocycles. The lowest BCUT2D eigenvalue weighted by Crippen LogP contribution is -2.09. The van der Waals surface area contributed by atoms with E-state index in [1.54, 1.807) is 0 Å². The Bertz CT molecular complexity index is 386. The smallest absolute Gasteiger partial charge is 0.0994 e. The summed E-state index contributed by atoms with van der Waals surface area (Å²) in [6.45, 7) is 15.5. The maximum Gasteiger partial charge on any atom is 0.0994 e. The minimum atomic E-state index is 0.219. The quantitative estimate of drug-likeness (QED) is 0.687. The number of hydrogen-bond acceptors (Lipinski definition) is 3. The summed E-state index contributed by atoms with van der Waals surface area (Å²) in [6.07, 6.45) is 2.00. The second-order valence-corrected chi connectivity index (χ2v) is 9.94. The van der Waals surface area contributed by atoms with Crippen LogP contribution in [0.3, 0.4) is 0 Å². The van der Waals surface area contributed by atoms with Gasteiger partial charge in [-0.25, -0.2) is 4.98 Å². The van der Waals surface area contributed by atoms with Crippen molar-refractivity contribution in [3.8, 4) is 0 Å². The van der Waals surface area contributed by atoms with Crippen molar-refractivity contribution in [2.45, 2.75) is 67.9 Å². The molecule has 0 radical (unpaired) electrons. The fourth-order valence-corrected chi connectivity index (χ4v) is 3.30. The molecule has 0 aromatic carbocycles. The van der Waals surface area contributed by atoms with Crippen LogP contribution in [0.25, 0.3) is 0 Å². The van der Waals surface area contributed by atoms with E-state index in [1.165, 1.54) is 10.5 Å². The number of nitrogens with zero attached hydrogens (tertiary/aromatic N) is 1. The van der Waals surface area contributed by atoms with Crippen molar-refractivity contribution < 1.29 is 0 Å². The number of aromatic nitrogens is 1. The van der Waals surface area contributed by atoms with Crippen molar-refractivity contribution >= 4 is 23.5 Å². The van der Waals surface area contributed by atoms with Gasteiger partial charge < -0.3 is 0 Å². The van der Waals surface area contributed by atoms with Crippen molar-refractivity contribution in [2.75, 3.05) is 0 Å². The van der Waals surface area contributed by atoms with Crippen LogP contribution in [0.2, 0.25) is 0 Å². The Morgan fingerprint density at radius 3 is 1.88 bits per heavy atom. The van der Waals surface area contributed by atoms with E-state index in [-0.39, 0.29) is 9.49 Å². The average molecular weight is 269 g/mol. The largest absolute Gasteiger partial charge is 0.248 e. The summed E-state index contributed by atoms with van der Waals surface area (Å²) in [7, 11) is 0. The predicted molar refractivity (Wildman–Crippen MR) is 80.2 cm³/mol. The van der Waals surface area contributed by atoms with Crippen LogP contribution >= 0.6 is 23.5 Å². The fraction of sp³-hybridized carbons (Fsp3) is 0.643. The minimum Gasteiger partial charge on any atom is -0.248 e. The summed E-state index contributed by atoms with van der Waals surface area (Å²) in [6, 6.07) is 2.25. The van der Waals surface area contributed by atoms with Crippen LogP contribution in [0, 0.1) is 6.92 Å². The van der Waals surface area contributed by atoms with Crippen LogP contribution in [-0.2, 0) is 0 Å². The molecule has 0 atom stereocenters. The molecule has 96 valence electrons. The summed E-state index contributed by atoms with van der Waals surface area (Å²) in [5, 5.41) is 1.15. The first kappa shape index (κ1) is 14.9. The molecule has 1 heterocycles. The zero-order valence-corrected chi connectivity index (χ0v) is 13.6. The van der Waals surface area contributed by atoms with Gasteiger partial charge in [-0.15, -0.1) is 23.5 Å². The lowest BCUT2D eigenvalue weighted by molar-refractivity contribution is 0.795. The summed E-state index contributed by atoms with van der Waals surface area (Å²) in [5.41, 5.74) is 1.28. The van der Waals surface area contributed by atoms with Crippen LogP contribution in [0.1, 0.15) is 47.1 Å². The molecule has 0 N–H and O–H groups in total. The molecule has 1 rings (SSSR count). The lowest BCUT2D eigenvalue weighted by atomic mass is 10.3. The predicted octanol–water partition coefficient (Wildman–Crippen LogP) is 5.17. The number of thioether (sulfide) groups is 2. The van der Waals surface area contributed by atoms with Crippen LogP contribution in [0.4, 0.5) is 0 Å². The van der Waals surface area contributed by atoms with Gasteiger partial charge in [0, 0.05) is 20.6 Å². The van der Waals surface area contributed by atoms with Gasteiger partial charge in [0.25, 0.3) is 0 Å². The molecule has 0 aliphatic rings. The Morgan fingerprint density at radius 1 is 0.941 bits per heavy atom. The Hall–Kier alpha value is -0.150. The minimum absolute atomic E-state index is 0.219. The van der Waals surface area contributed by atoms with E-state index in [2.05, 4.69) is 59.5 Å². The number of aryl methyl sites for hydroxylation is 1. The number of hydrogen-bond donors (Lipinski definition) is 0. The number of rotatable bonds is 2. The van der Waals surface area contributed by atoms with E-state index >= 15 is 0 Å². The normalized spacial score (nSPS) is 12.9. The third kappa shape index (κ3) is 5.82. The SMILES string of the molecule is Cc1cc(SC(C)(C)C)cnc1SC(C)(C)C. The Morgan fingerprint density at radius 2 is 1.47 bits per heavy atom. The van der Waals surface area contributed by atoms with E-state index in [9.17, 15) is 0 Å². The molecule has 0 bridgehead atoms. The molecule has 17 heavy (non-hydrogen) atoms. The average Bonchev–Trinajstić information content (AvgIpc) is 2.05. The molecule has 3 heteroatoms. The molecule has 0 aliphatic heterocycles. The van der Waals surface area contributed by atoms with E-state index in [0.717, 1.165) is 5.03 Å². The van der Waals surface area contributed by atoms with E-state index in [4.69, 9.17) is 0 Å². The molecule has 0 saturated carbocycles. The van der Waals surface area contributed by atoms with Gasteiger partial charge in [0.05, 0.1) is 5.03 Å². The van der Waals surface area contributed by atoms with E-state index in [0.29, 0.717) is 0 Å². The standard InChI is InChI=1S/C14H23NS2/c1-10-8-11(16-13(2,3)4)9-15-12(10)17-14(5,6)7/h8-9H,1-7H3. The summed E-state index contributed by atoms with van der Waals surface area (Å²) in [5.74, 6) is 0. The topological polar surface area (TPSA) is 12.9 Å².